The number of aromatic amines is 1. The zero-order valence-electron chi connectivity index (χ0n) is 12.7. The molecule has 0 saturated carbocycles. The largest absolute Gasteiger partial charge is 0.331 e. The van der Waals surface area contributed by atoms with E-state index in [0.29, 0.717) is 18.1 Å². The minimum atomic E-state index is -0.131. The molecule has 6 heteroatoms. The van der Waals surface area contributed by atoms with Gasteiger partial charge >= 0.3 is 6.03 Å². The van der Waals surface area contributed by atoms with Crippen LogP contribution in [0.5, 0.6) is 0 Å². The van der Waals surface area contributed by atoms with Crippen molar-refractivity contribution in [3.8, 4) is 0 Å². The third-order valence-electron chi connectivity index (χ3n) is 4.13. The van der Waals surface area contributed by atoms with E-state index in [9.17, 15) is 4.79 Å². The van der Waals surface area contributed by atoms with Gasteiger partial charge in [0.1, 0.15) is 0 Å². The predicted octanol–water partition coefficient (Wildman–Crippen LogP) is 3.20. The number of nitrogens with zero attached hydrogens (tertiary/aromatic N) is 2. The molecular formula is C16H19ClN4O. The van der Waals surface area contributed by atoms with E-state index < -0.39 is 0 Å². The molecule has 0 unspecified atom stereocenters. The molecule has 1 aliphatic rings. The van der Waals surface area contributed by atoms with Crippen LogP contribution in [-0.2, 0) is 13.0 Å². The van der Waals surface area contributed by atoms with Crippen LogP contribution >= 0.6 is 11.6 Å². The Hall–Kier alpha value is -2.01. The van der Waals surface area contributed by atoms with Crippen LogP contribution in [0.25, 0.3) is 0 Å². The van der Waals surface area contributed by atoms with Gasteiger partial charge < -0.3 is 10.2 Å². The number of amides is 2. The number of nitrogens with one attached hydrogen (secondary N) is 2. The molecule has 0 bridgehead atoms. The van der Waals surface area contributed by atoms with E-state index in [0.717, 1.165) is 28.9 Å². The molecule has 0 saturated heterocycles. The Bertz CT molecular complexity index is 697. The predicted molar refractivity (Wildman–Crippen MR) is 85.8 cm³/mol. The van der Waals surface area contributed by atoms with Gasteiger partial charge in [-0.15, -0.1) is 0 Å². The molecule has 5 nitrogen and oxygen atoms in total. The summed E-state index contributed by atoms with van der Waals surface area (Å²) in [5.74, 6) is 0. The first kappa shape index (κ1) is 14.9. The Morgan fingerprint density at radius 2 is 2.23 bits per heavy atom. The van der Waals surface area contributed by atoms with Crippen LogP contribution in [0.1, 0.15) is 35.5 Å². The van der Waals surface area contributed by atoms with Crippen LogP contribution in [0.4, 0.5) is 4.79 Å². The van der Waals surface area contributed by atoms with Crippen molar-refractivity contribution in [3.05, 3.63) is 51.8 Å². The molecule has 0 spiro atoms. The maximum Gasteiger partial charge on any atom is 0.318 e. The molecule has 22 heavy (non-hydrogen) atoms. The van der Waals surface area contributed by atoms with Crippen LogP contribution in [-0.4, -0.2) is 27.7 Å². The number of rotatable bonds is 2. The fraction of sp³-hybridized carbons (Fsp3) is 0.375. The van der Waals surface area contributed by atoms with E-state index in [4.69, 9.17) is 11.6 Å². The molecule has 3 rings (SSSR count). The van der Waals surface area contributed by atoms with Crippen molar-refractivity contribution >= 4 is 17.6 Å². The van der Waals surface area contributed by atoms with E-state index in [1.54, 1.807) is 0 Å². The normalized spacial score (nSPS) is 15.3. The number of urea groups is 1. The first-order chi connectivity index (χ1) is 10.6. The molecule has 1 aromatic carbocycles. The molecule has 2 heterocycles. The minimum Gasteiger partial charge on any atom is -0.331 e. The highest BCUT2D eigenvalue weighted by molar-refractivity contribution is 6.31. The molecule has 2 aromatic rings. The van der Waals surface area contributed by atoms with Crippen LogP contribution in [0.15, 0.2) is 24.3 Å². The number of H-pyrrole nitrogens is 1. The first-order valence-electron chi connectivity index (χ1n) is 7.39. The number of hydrogen-bond acceptors (Lipinski definition) is 2. The Morgan fingerprint density at radius 3 is 3.00 bits per heavy atom. The summed E-state index contributed by atoms with van der Waals surface area (Å²) < 4.78 is 0. The lowest BCUT2D eigenvalue weighted by Crippen LogP contribution is -2.43. The van der Waals surface area contributed by atoms with Gasteiger partial charge in [-0.05, 0) is 25.5 Å². The maximum absolute atomic E-state index is 12.5. The summed E-state index contributed by atoms with van der Waals surface area (Å²) in [5, 5.41) is 10.9. The van der Waals surface area contributed by atoms with E-state index in [1.165, 1.54) is 0 Å². The molecule has 116 valence electrons. The second kappa shape index (κ2) is 6.01. The molecular weight excluding hydrogens is 300 g/mol. The highest BCUT2D eigenvalue weighted by Crippen LogP contribution is 2.23. The lowest BCUT2D eigenvalue weighted by atomic mass is 10.1. The summed E-state index contributed by atoms with van der Waals surface area (Å²) in [4.78, 5) is 14.3. The number of carbonyl (C=O) groups is 1. The Kier molecular flexibility index (Phi) is 4.07. The molecule has 0 radical (unpaired) electrons. The van der Waals surface area contributed by atoms with Crippen LogP contribution in [0.2, 0.25) is 5.02 Å². The third kappa shape index (κ3) is 2.81. The van der Waals surface area contributed by atoms with Crippen molar-refractivity contribution in [2.24, 2.45) is 0 Å². The zero-order valence-corrected chi connectivity index (χ0v) is 13.4. The summed E-state index contributed by atoms with van der Waals surface area (Å²) in [6.45, 7) is 5.20. The average Bonchev–Trinajstić information content (AvgIpc) is 2.88. The van der Waals surface area contributed by atoms with Gasteiger partial charge in [0.15, 0.2) is 0 Å². The number of benzene rings is 1. The molecule has 0 aliphatic carbocycles. The summed E-state index contributed by atoms with van der Waals surface area (Å²) in [5.41, 5.74) is 4.16. The molecule has 0 fully saturated rings. The summed E-state index contributed by atoms with van der Waals surface area (Å²) in [6.07, 6.45) is 0.785. The van der Waals surface area contributed by atoms with Crippen molar-refractivity contribution in [3.63, 3.8) is 0 Å². The second-order valence-corrected chi connectivity index (χ2v) is 6.05. The summed E-state index contributed by atoms with van der Waals surface area (Å²) in [7, 11) is 0. The number of halogens is 1. The van der Waals surface area contributed by atoms with Crippen LogP contribution in [0, 0.1) is 6.92 Å². The Balaban J connectivity index is 1.68. The van der Waals surface area contributed by atoms with Crippen molar-refractivity contribution in [1.29, 1.82) is 0 Å². The van der Waals surface area contributed by atoms with Crippen LogP contribution in [0.3, 0.4) is 0 Å². The standard InChI is InChI=1S/C16H19ClN4O/c1-10(12-5-3-4-6-14(12)17)18-16(22)21-8-7-15-13(9-21)11(2)19-20-15/h3-6,10H,7-9H2,1-2H3,(H,18,22)(H,19,20)/t10-/m0/s1. The second-order valence-electron chi connectivity index (χ2n) is 5.64. The third-order valence-corrected chi connectivity index (χ3v) is 4.47. The number of carbonyl (C=O) groups excluding carboxylic acids is 1. The first-order valence-corrected chi connectivity index (χ1v) is 7.76. The lowest BCUT2D eigenvalue weighted by molar-refractivity contribution is 0.189. The smallest absolute Gasteiger partial charge is 0.318 e. The van der Waals surface area contributed by atoms with Gasteiger partial charge in [0, 0.05) is 29.2 Å². The van der Waals surface area contributed by atoms with E-state index in [2.05, 4.69) is 15.5 Å². The van der Waals surface area contributed by atoms with Crippen molar-refractivity contribution in [2.45, 2.75) is 32.9 Å². The molecule has 1 atom stereocenters. The Morgan fingerprint density at radius 1 is 1.45 bits per heavy atom. The topological polar surface area (TPSA) is 61.0 Å². The monoisotopic (exact) mass is 318 g/mol. The van der Waals surface area contributed by atoms with Crippen molar-refractivity contribution in [1.82, 2.24) is 20.4 Å². The van der Waals surface area contributed by atoms with Gasteiger partial charge in [-0.2, -0.15) is 5.10 Å². The average molecular weight is 319 g/mol. The van der Waals surface area contributed by atoms with E-state index in [1.807, 2.05) is 43.0 Å². The van der Waals surface area contributed by atoms with Crippen LogP contribution < -0.4 is 5.32 Å². The van der Waals surface area contributed by atoms with Gasteiger partial charge in [-0.1, -0.05) is 29.8 Å². The van der Waals surface area contributed by atoms with E-state index in [-0.39, 0.29) is 12.1 Å². The molecule has 2 amide bonds. The molecule has 1 aliphatic heterocycles. The number of fused-ring (bicyclic) bond motifs is 1. The summed E-state index contributed by atoms with van der Waals surface area (Å²) in [6, 6.07) is 7.37. The van der Waals surface area contributed by atoms with Crippen molar-refractivity contribution in [2.75, 3.05) is 6.54 Å². The maximum atomic E-state index is 12.5. The van der Waals surface area contributed by atoms with Gasteiger partial charge in [-0.25, -0.2) is 4.79 Å². The Labute approximate surface area is 134 Å². The van der Waals surface area contributed by atoms with Gasteiger partial charge in [0.05, 0.1) is 18.3 Å². The fourth-order valence-corrected chi connectivity index (χ4v) is 3.08. The minimum absolute atomic E-state index is 0.0707. The molecule has 2 N–H and O–H groups in total. The highest BCUT2D eigenvalue weighted by atomic mass is 35.5. The fourth-order valence-electron chi connectivity index (χ4n) is 2.78. The zero-order chi connectivity index (χ0) is 15.7. The van der Waals surface area contributed by atoms with E-state index >= 15 is 0 Å². The van der Waals surface area contributed by atoms with Gasteiger partial charge in [-0.3, -0.25) is 5.10 Å². The number of aryl methyl sites for hydroxylation is 1. The summed E-state index contributed by atoms with van der Waals surface area (Å²) >= 11 is 6.18. The number of aromatic nitrogens is 2. The molecule has 1 aromatic heterocycles. The van der Waals surface area contributed by atoms with Gasteiger partial charge in [0.25, 0.3) is 0 Å². The van der Waals surface area contributed by atoms with Gasteiger partial charge in [0.2, 0.25) is 0 Å². The number of hydrogen-bond donors (Lipinski definition) is 2. The lowest BCUT2D eigenvalue weighted by Gasteiger charge is -2.28. The quantitative estimate of drug-likeness (QED) is 0.893. The van der Waals surface area contributed by atoms with Crippen molar-refractivity contribution < 1.29 is 4.79 Å². The highest BCUT2D eigenvalue weighted by Gasteiger charge is 2.25. The SMILES string of the molecule is Cc1[nH]nc2c1CN(C(=O)N[C@@H](C)c1ccccc1Cl)CC2.